The summed E-state index contributed by atoms with van der Waals surface area (Å²) < 4.78 is 2.23. The molecule has 0 saturated heterocycles. The minimum absolute atomic E-state index is 1.17. The average molecular weight is 237 g/mol. The van der Waals surface area contributed by atoms with Gasteiger partial charge in [0.05, 0.1) is 6.54 Å². The summed E-state index contributed by atoms with van der Waals surface area (Å²) >= 11 is 0. The van der Waals surface area contributed by atoms with E-state index in [1.807, 2.05) is 12.5 Å². The third-order valence-corrected chi connectivity index (χ3v) is 3.37. The summed E-state index contributed by atoms with van der Waals surface area (Å²) in [5.74, 6) is 0. The van der Waals surface area contributed by atoms with E-state index >= 15 is 0 Å². The number of unbranched alkanes of at least 4 members (excludes halogenated alkanes) is 9. The van der Waals surface area contributed by atoms with Crippen molar-refractivity contribution in [3.05, 3.63) is 18.7 Å². The van der Waals surface area contributed by atoms with E-state index in [4.69, 9.17) is 0 Å². The summed E-state index contributed by atoms with van der Waals surface area (Å²) in [5.41, 5.74) is 0. The lowest BCUT2D eigenvalue weighted by Gasteiger charge is -2.01. The first-order valence-electron chi connectivity index (χ1n) is 7.45. The van der Waals surface area contributed by atoms with Crippen molar-refractivity contribution in [1.29, 1.82) is 0 Å². The first-order valence-corrected chi connectivity index (χ1v) is 7.45. The average Bonchev–Trinajstić information content (AvgIpc) is 2.85. The van der Waals surface area contributed by atoms with Crippen molar-refractivity contribution in [3.8, 4) is 0 Å². The summed E-state index contributed by atoms with van der Waals surface area (Å²) in [6.45, 7) is 3.45. The molecule has 0 amide bonds. The highest BCUT2D eigenvalue weighted by Crippen LogP contribution is 2.10. The van der Waals surface area contributed by atoms with Crippen molar-refractivity contribution >= 4 is 0 Å². The minimum atomic E-state index is 1.17. The van der Waals surface area contributed by atoms with E-state index in [1.165, 1.54) is 70.8 Å². The highest BCUT2D eigenvalue weighted by Gasteiger charge is 1.96. The molecular formula is C15H29N2+. The standard InChI is InChI=1S/C15H28N2/c1-2-3-4-5-6-7-8-9-10-11-13-17-14-12-16-15-17/h12,14-15H,2-11,13H2,1H3/p+1. The van der Waals surface area contributed by atoms with E-state index in [9.17, 15) is 0 Å². The topological polar surface area (TPSA) is 19.7 Å². The predicted molar refractivity (Wildman–Crippen MR) is 72.8 cm³/mol. The molecule has 1 rings (SSSR count). The summed E-state index contributed by atoms with van der Waals surface area (Å²) in [7, 11) is 0. The highest BCUT2D eigenvalue weighted by molar-refractivity contribution is 4.55. The Labute approximate surface area is 106 Å². The number of aromatic nitrogens is 2. The summed E-state index contributed by atoms with van der Waals surface area (Å²) in [4.78, 5) is 3.08. The zero-order chi connectivity index (χ0) is 12.2. The number of imidazole rings is 1. The predicted octanol–water partition coefficient (Wildman–Crippen LogP) is 4.22. The van der Waals surface area contributed by atoms with E-state index in [0.717, 1.165) is 0 Å². The minimum Gasteiger partial charge on any atom is -0.250 e. The maximum atomic E-state index is 3.08. The van der Waals surface area contributed by atoms with Crippen molar-refractivity contribution < 1.29 is 4.57 Å². The van der Waals surface area contributed by atoms with Gasteiger partial charge < -0.3 is 0 Å². The van der Waals surface area contributed by atoms with Crippen LogP contribution in [-0.4, -0.2) is 4.98 Å². The second-order valence-electron chi connectivity index (χ2n) is 5.03. The molecule has 0 aliphatic heterocycles. The second-order valence-corrected chi connectivity index (χ2v) is 5.03. The highest BCUT2D eigenvalue weighted by atomic mass is 15.0. The summed E-state index contributed by atoms with van der Waals surface area (Å²) in [5, 5.41) is 0. The van der Waals surface area contributed by atoms with Crippen LogP contribution >= 0.6 is 0 Å². The van der Waals surface area contributed by atoms with Gasteiger partial charge in [-0.3, -0.25) is 4.98 Å². The Bertz CT molecular complexity index is 241. The molecule has 0 atom stereocenters. The van der Waals surface area contributed by atoms with Gasteiger partial charge in [-0.25, -0.2) is 4.57 Å². The molecule has 1 heterocycles. The van der Waals surface area contributed by atoms with Gasteiger partial charge in [0.25, 0.3) is 0 Å². The van der Waals surface area contributed by atoms with Crippen molar-refractivity contribution in [2.75, 3.05) is 0 Å². The SMILES string of the molecule is CCCCCCCCCCCC[n+]1cc[nH]c1. The fraction of sp³-hybridized carbons (Fsp3) is 0.800. The number of hydrogen-bond donors (Lipinski definition) is 1. The van der Waals surface area contributed by atoms with E-state index in [2.05, 4.69) is 22.7 Å². The van der Waals surface area contributed by atoms with Crippen LogP contribution in [0.3, 0.4) is 0 Å². The fourth-order valence-electron chi connectivity index (χ4n) is 2.24. The molecule has 0 aliphatic rings. The lowest BCUT2D eigenvalue weighted by molar-refractivity contribution is -0.696. The van der Waals surface area contributed by atoms with Crippen LogP contribution in [0.15, 0.2) is 18.7 Å². The molecule has 0 saturated carbocycles. The van der Waals surface area contributed by atoms with Crippen LogP contribution in [0.25, 0.3) is 0 Å². The number of aromatic amines is 1. The van der Waals surface area contributed by atoms with Gasteiger partial charge in [0.2, 0.25) is 6.33 Å². The van der Waals surface area contributed by atoms with E-state index in [0.29, 0.717) is 0 Å². The Kier molecular flexibility index (Phi) is 8.71. The molecule has 2 heteroatoms. The van der Waals surface area contributed by atoms with Crippen LogP contribution in [-0.2, 0) is 6.54 Å². The van der Waals surface area contributed by atoms with Crippen LogP contribution in [0.5, 0.6) is 0 Å². The van der Waals surface area contributed by atoms with Crippen LogP contribution in [0, 0.1) is 0 Å². The van der Waals surface area contributed by atoms with E-state index in [-0.39, 0.29) is 0 Å². The number of nitrogens with zero attached hydrogens (tertiary/aromatic N) is 1. The molecule has 98 valence electrons. The van der Waals surface area contributed by atoms with Crippen LogP contribution in [0.4, 0.5) is 0 Å². The van der Waals surface area contributed by atoms with Crippen molar-refractivity contribution in [1.82, 2.24) is 4.98 Å². The Balaban J connectivity index is 1.76. The van der Waals surface area contributed by atoms with Gasteiger partial charge in [0.1, 0.15) is 12.4 Å². The number of aryl methyl sites for hydroxylation is 1. The summed E-state index contributed by atoms with van der Waals surface area (Å²) in [6.07, 6.45) is 20.2. The molecule has 0 spiro atoms. The molecule has 0 aliphatic carbocycles. The Morgan fingerprint density at radius 1 is 0.824 bits per heavy atom. The van der Waals surface area contributed by atoms with Gasteiger partial charge in [0.15, 0.2) is 0 Å². The zero-order valence-electron chi connectivity index (χ0n) is 11.5. The maximum Gasteiger partial charge on any atom is 0.241 e. The van der Waals surface area contributed by atoms with Gasteiger partial charge >= 0.3 is 0 Å². The van der Waals surface area contributed by atoms with E-state index < -0.39 is 0 Å². The van der Waals surface area contributed by atoms with Gasteiger partial charge in [-0.1, -0.05) is 58.3 Å². The van der Waals surface area contributed by atoms with Crippen molar-refractivity contribution in [2.45, 2.75) is 77.7 Å². The zero-order valence-corrected chi connectivity index (χ0v) is 11.5. The molecule has 0 aromatic carbocycles. The normalized spacial score (nSPS) is 10.9. The van der Waals surface area contributed by atoms with Gasteiger partial charge in [-0.2, -0.15) is 0 Å². The molecule has 0 bridgehead atoms. The van der Waals surface area contributed by atoms with E-state index in [1.54, 1.807) is 0 Å². The monoisotopic (exact) mass is 237 g/mol. The smallest absolute Gasteiger partial charge is 0.241 e. The number of nitrogens with one attached hydrogen (secondary N) is 1. The van der Waals surface area contributed by atoms with Crippen LogP contribution in [0.1, 0.15) is 71.1 Å². The fourth-order valence-corrected chi connectivity index (χ4v) is 2.24. The van der Waals surface area contributed by atoms with Crippen LogP contribution < -0.4 is 4.57 Å². The summed E-state index contributed by atoms with van der Waals surface area (Å²) in [6, 6.07) is 0. The molecule has 17 heavy (non-hydrogen) atoms. The molecule has 0 radical (unpaired) electrons. The second kappa shape index (κ2) is 10.4. The molecule has 2 nitrogen and oxygen atoms in total. The molecule has 0 fully saturated rings. The largest absolute Gasteiger partial charge is 0.250 e. The van der Waals surface area contributed by atoms with Crippen molar-refractivity contribution in [3.63, 3.8) is 0 Å². The quantitative estimate of drug-likeness (QED) is 0.439. The molecular weight excluding hydrogens is 208 g/mol. The Hall–Kier alpha value is -0.790. The maximum absolute atomic E-state index is 3.08. The Morgan fingerprint density at radius 3 is 1.94 bits per heavy atom. The molecule has 0 unspecified atom stereocenters. The number of hydrogen-bond acceptors (Lipinski definition) is 0. The lowest BCUT2D eigenvalue weighted by Crippen LogP contribution is -2.30. The van der Waals surface area contributed by atoms with Gasteiger partial charge in [-0.15, -0.1) is 0 Å². The number of rotatable bonds is 11. The lowest BCUT2D eigenvalue weighted by atomic mass is 10.1. The van der Waals surface area contributed by atoms with Crippen molar-refractivity contribution in [2.24, 2.45) is 0 Å². The molecule has 1 aromatic heterocycles. The third kappa shape index (κ3) is 8.00. The first-order chi connectivity index (χ1) is 8.43. The van der Waals surface area contributed by atoms with Gasteiger partial charge in [-0.05, 0) is 12.8 Å². The number of H-pyrrole nitrogens is 1. The third-order valence-electron chi connectivity index (χ3n) is 3.37. The molecule has 1 aromatic rings. The van der Waals surface area contributed by atoms with Gasteiger partial charge in [0, 0.05) is 0 Å². The van der Waals surface area contributed by atoms with Crippen LogP contribution in [0.2, 0.25) is 0 Å². The Morgan fingerprint density at radius 2 is 1.41 bits per heavy atom. The molecule has 1 N–H and O–H groups in total. The first kappa shape index (κ1) is 14.3.